The third-order valence-electron chi connectivity index (χ3n) is 7.26. The molecule has 0 aromatic heterocycles. The minimum absolute atomic E-state index is 0.396. The Labute approximate surface area is 184 Å². The molecular weight excluding hydrogens is 374 g/mol. The third-order valence-corrected chi connectivity index (χ3v) is 7.26. The molecule has 2 saturated heterocycles. The van der Waals surface area contributed by atoms with Crippen molar-refractivity contribution in [3.05, 3.63) is 41.4 Å². The lowest BCUT2D eigenvalue weighted by Crippen LogP contribution is -2.41. The van der Waals surface area contributed by atoms with E-state index >= 15 is 0 Å². The van der Waals surface area contributed by atoms with Crippen LogP contribution in [0, 0.1) is 0 Å². The minimum Gasteiger partial charge on any atom is -0.400 e. The van der Waals surface area contributed by atoms with E-state index in [-0.39, 0.29) is 0 Å². The Morgan fingerprint density at radius 3 is 1.57 bits per heavy atom. The summed E-state index contributed by atoms with van der Waals surface area (Å²) in [5.41, 5.74) is 1.64. The highest BCUT2D eigenvalue weighted by molar-refractivity contribution is 6.74. The number of allylic oxidation sites excluding steroid dienone is 1. The van der Waals surface area contributed by atoms with Crippen LogP contribution < -0.4 is 0 Å². The van der Waals surface area contributed by atoms with Crippen LogP contribution in [0.1, 0.15) is 87.1 Å². The lowest BCUT2D eigenvalue weighted by atomic mass is 9.61. The molecule has 0 radical (unpaired) electrons. The van der Waals surface area contributed by atoms with Gasteiger partial charge in [-0.15, -0.1) is 0 Å². The SMILES string of the molecule is CCCC/C(B1OC(C)(C)C(C)(C)O1)=C(/B1OC(C)(C)C(C)(C)O1)c1ccccc1. The predicted octanol–water partition coefficient (Wildman–Crippen LogP) is 5.89. The van der Waals surface area contributed by atoms with Crippen LogP contribution in [0.5, 0.6) is 0 Å². The monoisotopic (exact) mass is 412 g/mol. The molecule has 0 N–H and O–H groups in total. The number of rotatable bonds is 6. The molecule has 0 spiro atoms. The van der Waals surface area contributed by atoms with Crippen LogP contribution in [0.4, 0.5) is 0 Å². The van der Waals surface area contributed by atoms with Gasteiger partial charge in [0.1, 0.15) is 0 Å². The number of benzene rings is 1. The molecule has 2 aliphatic heterocycles. The van der Waals surface area contributed by atoms with E-state index in [2.05, 4.69) is 86.6 Å². The van der Waals surface area contributed by atoms with E-state index in [1.54, 1.807) is 0 Å². The van der Waals surface area contributed by atoms with Gasteiger partial charge in [-0.2, -0.15) is 0 Å². The largest absolute Gasteiger partial charge is 0.494 e. The molecule has 3 rings (SSSR count). The maximum atomic E-state index is 6.51. The molecule has 2 heterocycles. The van der Waals surface area contributed by atoms with E-state index < -0.39 is 36.6 Å². The fourth-order valence-electron chi connectivity index (χ4n) is 3.78. The second-order valence-corrected chi connectivity index (χ2v) is 10.6. The van der Waals surface area contributed by atoms with Crippen LogP contribution in [0.2, 0.25) is 0 Å². The Bertz CT molecular complexity index is 752. The fourth-order valence-corrected chi connectivity index (χ4v) is 3.78. The van der Waals surface area contributed by atoms with Crippen LogP contribution in [0.3, 0.4) is 0 Å². The van der Waals surface area contributed by atoms with E-state index in [0.29, 0.717) is 0 Å². The van der Waals surface area contributed by atoms with Gasteiger partial charge >= 0.3 is 14.2 Å². The molecular formula is C24H38B2O4. The quantitative estimate of drug-likeness (QED) is 0.546. The molecule has 4 nitrogen and oxygen atoms in total. The molecule has 0 aliphatic carbocycles. The number of hydrogen-bond acceptors (Lipinski definition) is 4. The Hall–Kier alpha value is -1.07. The molecule has 1 aromatic rings. The number of unbranched alkanes of at least 4 members (excludes halogenated alkanes) is 1. The lowest BCUT2D eigenvalue weighted by Gasteiger charge is -2.32. The molecule has 2 fully saturated rings. The Balaban J connectivity index is 2.14. The molecule has 30 heavy (non-hydrogen) atoms. The summed E-state index contributed by atoms with van der Waals surface area (Å²) in [4.78, 5) is 0. The highest BCUT2D eigenvalue weighted by Crippen LogP contribution is 2.45. The van der Waals surface area contributed by atoms with Gasteiger partial charge in [0.2, 0.25) is 0 Å². The summed E-state index contributed by atoms with van der Waals surface area (Å²) >= 11 is 0. The molecule has 164 valence electrons. The normalized spacial score (nSPS) is 24.8. The summed E-state index contributed by atoms with van der Waals surface area (Å²) in [6, 6.07) is 10.4. The maximum Gasteiger partial charge on any atom is 0.494 e. The average molecular weight is 412 g/mol. The van der Waals surface area contributed by atoms with Gasteiger partial charge in [0.25, 0.3) is 0 Å². The van der Waals surface area contributed by atoms with Gasteiger partial charge in [-0.1, -0.05) is 50.1 Å². The Morgan fingerprint density at radius 2 is 1.13 bits per heavy atom. The highest BCUT2D eigenvalue weighted by Gasteiger charge is 2.56. The van der Waals surface area contributed by atoms with E-state index in [1.807, 2.05) is 6.07 Å². The number of hydrogen-bond donors (Lipinski definition) is 0. The smallest absolute Gasteiger partial charge is 0.400 e. The van der Waals surface area contributed by atoms with E-state index in [9.17, 15) is 0 Å². The molecule has 0 unspecified atom stereocenters. The average Bonchev–Trinajstić information content (AvgIpc) is 2.98. The first-order valence-electron chi connectivity index (χ1n) is 11.3. The molecule has 2 aliphatic rings. The van der Waals surface area contributed by atoms with Crippen molar-refractivity contribution < 1.29 is 18.6 Å². The fraction of sp³-hybridized carbons (Fsp3) is 0.667. The second kappa shape index (κ2) is 8.12. The van der Waals surface area contributed by atoms with Crippen molar-refractivity contribution >= 4 is 19.7 Å². The van der Waals surface area contributed by atoms with Gasteiger partial charge in [0.15, 0.2) is 0 Å². The molecule has 1 aromatic carbocycles. The zero-order valence-electron chi connectivity index (χ0n) is 20.3. The van der Waals surface area contributed by atoms with Crippen molar-refractivity contribution in [1.82, 2.24) is 0 Å². The van der Waals surface area contributed by atoms with Crippen LogP contribution in [0.15, 0.2) is 35.8 Å². The summed E-state index contributed by atoms with van der Waals surface area (Å²) in [6.07, 6.45) is 3.02. The molecule has 0 saturated carbocycles. The van der Waals surface area contributed by atoms with E-state index in [0.717, 1.165) is 35.8 Å². The third kappa shape index (κ3) is 4.29. The standard InChI is InChI=1S/C24H38B2O4/c1-10-11-17-19(25-27-21(2,3)22(4,5)28-25)20(18-15-13-12-14-16-18)26-29-23(6,7)24(8,9)30-26/h12-16H,10-11,17H2,1-9H3/b20-19-. The van der Waals surface area contributed by atoms with Gasteiger partial charge in [-0.3, -0.25) is 0 Å². The highest BCUT2D eigenvalue weighted by atomic mass is 16.7. The first-order valence-corrected chi connectivity index (χ1v) is 11.3. The van der Waals surface area contributed by atoms with Gasteiger partial charge in [-0.05, 0) is 78.3 Å². The topological polar surface area (TPSA) is 36.9 Å². The lowest BCUT2D eigenvalue weighted by molar-refractivity contribution is 0.00578. The van der Waals surface area contributed by atoms with Crippen molar-refractivity contribution in [2.75, 3.05) is 0 Å². The minimum atomic E-state index is -0.469. The van der Waals surface area contributed by atoms with Gasteiger partial charge in [0.05, 0.1) is 22.4 Å². The van der Waals surface area contributed by atoms with Crippen molar-refractivity contribution in [3.8, 4) is 0 Å². The molecule has 6 heteroatoms. The summed E-state index contributed by atoms with van der Waals surface area (Å²) in [5, 5.41) is 0. The second-order valence-electron chi connectivity index (χ2n) is 10.6. The van der Waals surface area contributed by atoms with Crippen molar-refractivity contribution in [3.63, 3.8) is 0 Å². The van der Waals surface area contributed by atoms with Crippen molar-refractivity contribution in [2.24, 2.45) is 0 Å². The molecule has 0 amide bonds. The van der Waals surface area contributed by atoms with Crippen molar-refractivity contribution in [1.29, 1.82) is 0 Å². The van der Waals surface area contributed by atoms with Crippen molar-refractivity contribution in [2.45, 2.75) is 104 Å². The van der Waals surface area contributed by atoms with Gasteiger partial charge < -0.3 is 18.6 Å². The summed E-state index contributed by atoms with van der Waals surface area (Å²) < 4.78 is 26.0. The summed E-state index contributed by atoms with van der Waals surface area (Å²) in [5.74, 6) is 0. The first-order chi connectivity index (χ1) is 13.8. The van der Waals surface area contributed by atoms with E-state index in [4.69, 9.17) is 18.6 Å². The predicted molar refractivity (Wildman–Crippen MR) is 125 cm³/mol. The Kier molecular flexibility index (Phi) is 6.39. The summed E-state index contributed by atoms with van der Waals surface area (Å²) in [6.45, 7) is 19.0. The molecule has 0 atom stereocenters. The van der Waals surface area contributed by atoms with Crippen LogP contribution in [-0.4, -0.2) is 36.6 Å². The van der Waals surface area contributed by atoms with Crippen LogP contribution >= 0.6 is 0 Å². The van der Waals surface area contributed by atoms with Gasteiger partial charge in [-0.25, -0.2) is 0 Å². The Morgan fingerprint density at radius 1 is 0.700 bits per heavy atom. The van der Waals surface area contributed by atoms with Crippen LogP contribution in [0.25, 0.3) is 5.47 Å². The summed E-state index contributed by atoms with van der Waals surface area (Å²) in [7, 11) is -0.890. The zero-order chi connectivity index (χ0) is 22.4. The van der Waals surface area contributed by atoms with Gasteiger partial charge in [0, 0.05) is 0 Å². The molecule has 0 bridgehead atoms. The zero-order valence-corrected chi connectivity index (χ0v) is 20.3. The van der Waals surface area contributed by atoms with Crippen LogP contribution in [-0.2, 0) is 18.6 Å². The first kappa shape index (κ1) is 23.6. The maximum absolute atomic E-state index is 6.51. The van der Waals surface area contributed by atoms with E-state index in [1.165, 1.54) is 0 Å².